The van der Waals surface area contributed by atoms with Crippen molar-refractivity contribution in [3.8, 4) is 0 Å². The Morgan fingerprint density at radius 2 is 1.94 bits per heavy atom. The van der Waals surface area contributed by atoms with Gasteiger partial charge in [0.1, 0.15) is 5.82 Å². The van der Waals surface area contributed by atoms with Crippen molar-refractivity contribution in [2.75, 3.05) is 5.75 Å². The van der Waals surface area contributed by atoms with Crippen molar-refractivity contribution in [2.24, 2.45) is 0 Å². The van der Waals surface area contributed by atoms with Gasteiger partial charge in [-0.2, -0.15) is 25.8 Å². The third-order valence-corrected chi connectivity index (χ3v) is 2.18. The van der Waals surface area contributed by atoms with Gasteiger partial charge in [0, 0.05) is 5.56 Å². The van der Waals surface area contributed by atoms with Crippen LogP contribution in [-0.4, -0.2) is 5.75 Å². The predicted octanol–water partition coefficient (Wildman–Crippen LogP) is 4.18. The molecule has 0 radical (unpaired) electrons. The van der Waals surface area contributed by atoms with Crippen LogP contribution in [0, 0.1) is 5.82 Å². The fraction of sp³-hybridized carbons (Fsp3) is 0.273. The minimum Gasteiger partial charge on any atom is -0.206 e. The molecule has 1 aromatic carbocycles. The van der Waals surface area contributed by atoms with Gasteiger partial charge in [-0.15, -0.1) is 0 Å². The van der Waals surface area contributed by atoms with Gasteiger partial charge >= 0.3 is 6.18 Å². The smallest absolute Gasteiger partial charge is 0.206 e. The maximum atomic E-state index is 13.2. The lowest BCUT2D eigenvalue weighted by molar-refractivity contribution is -0.137. The second-order valence-electron chi connectivity index (χ2n) is 3.15. The number of alkyl halides is 3. The summed E-state index contributed by atoms with van der Waals surface area (Å²) in [4.78, 5) is 0. The fourth-order valence-electron chi connectivity index (χ4n) is 1.12. The Balaban J connectivity index is 2.92. The van der Waals surface area contributed by atoms with E-state index in [0.717, 1.165) is 12.1 Å². The first-order valence-corrected chi connectivity index (χ1v) is 5.22. The zero-order valence-corrected chi connectivity index (χ0v) is 9.15. The predicted molar refractivity (Wildman–Crippen MR) is 58.9 cm³/mol. The Bertz CT molecular complexity index is 382. The van der Waals surface area contributed by atoms with E-state index < -0.39 is 17.6 Å². The number of thiol groups is 1. The Morgan fingerprint density at radius 3 is 2.44 bits per heavy atom. The van der Waals surface area contributed by atoms with Crippen LogP contribution in [0.4, 0.5) is 17.6 Å². The summed E-state index contributed by atoms with van der Waals surface area (Å²) in [5.74, 6) is -0.260. The molecule has 0 heterocycles. The fourth-order valence-corrected chi connectivity index (χ4v) is 1.27. The van der Waals surface area contributed by atoms with E-state index in [-0.39, 0.29) is 5.56 Å². The highest BCUT2D eigenvalue weighted by molar-refractivity contribution is 7.80. The van der Waals surface area contributed by atoms with Crippen molar-refractivity contribution in [2.45, 2.75) is 12.6 Å². The van der Waals surface area contributed by atoms with Crippen molar-refractivity contribution < 1.29 is 17.6 Å². The first kappa shape index (κ1) is 13.1. The first-order valence-electron chi connectivity index (χ1n) is 4.59. The molecular formula is C11H10F4S. The molecule has 0 aromatic heterocycles. The number of allylic oxidation sites excluding steroid dienone is 1. The number of benzene rings is 1. The minimum atomic E-state index is -4.51. The molecule has 0 fully saturated rings. The molecule has 0 bridgehead atoms. The summed E-state index contributed by atoms with van der Waals surface area (Å²) in [7, 11) is 0. The van der Waals surface area contributed by atoms with Crippen molar-refractivity contribution >= 4 is 18.7 Å². The second kappa shape index (κ2) is 5.39. The van der Waals surface area contributed by atoms with Crippen LogP contribution in [0.3, 0.4) is 0 Å². The molecule has 0 spiro atoms. The molecule has 0 N–H and O–H groups in total. The van der Waals surface area contributed by atoms with Crippen LogP contribution in [0.15, 0.2) is 24.3 Å². The summed E-state index contributed by atoms with van der Waals surface area (Å²) in [5, 5.41) is 0. The highest BCUT2D eigenvalue weighted by Crippen LogP contribution is 2.30. The lowest BCUT2D eigenvalue weighted by Gasteiger charge is -2.07. The number of halogens is 4. The van der Waals surface area contributed by atoms with Crippen molar-refractivity contribution in [1.82, 2.24) is 0 Å². The highest BCUT2D eigenvalue weighted by atomic mass is 32.1. The van der Waals surface area contributed by atoms with Crippen LogP contribution in [0.2, 0.25) is 0 Å². The second-order valence-corrected chi connectivity index (χ2v) is 3.60. The average molecular weight is 250 g/mol. The third kappa shape index (κ3) is 3.56. The van der Waals surface area contributed by atoms with Gasteiger partial charge in [-0.25, -0.2) is 4.39 Å². The molecular weight excluding hydrogens is 240 g/mol. The largest absolute Gasteiger partial charge is 0.416 e. The van der Waals surface area contributed by atoms with E-state index in [4.69, 9.17) is 0 Å². The summed E-state index contributed by atoms with van der Waals surface area (Å²) >= 11 is 3.95. The van der Waals surface area contributed by atoms with E-state index in [1.54, 1.807) is 6.08 Å². The van der Waals surface area contributed by atoms with E-state index in [9.17, 15) is 17.6 Å². The monoisotopic (exact) mass is 250 g/mol. The van der Waals surface area contributed by atoms with Gasteiger partial charge in [0.2, 0.25) is 0 Å². The van der Waals surface area contributed by atoms with Crippen LogP contribution in [0.25, 0.3) is 6.08 Å². The average Bonchev–Trinajstić information content (AvgIpc) is 2.19. The molecule has 0 nitrogen and oxygen atoms in total. The molecule has 16 heavy (non-hydrogen) atoms. The zero-order valence-electron chi connectivity index (χ0n) is 8.26. The number of hydrogen-bond donors (Lipinski definition) is 1. The molecule has 5 heteroatoms. The molecule has 0 unspecified atom stereocenters. The summed E-state index contributed by atoms with van der Waals surface area (Å²) in [6, 6.07) is 2.48. The van der Waals surface area contributed by atoms with E-state index in [1.807, 2.05) is 0 Å². The Hall–Kier alpha value is -0.970. The number of hydrogen-bond acceptors (Lipinski definition) is 1. The quantitative estimate of drug-likeness (QED) is 0.604. The summed E-state index contributed by atoms with van der Waals surface area (Å²) < 4.78 is 49.9. The molecule has 0 aliphatic carbocycles. The van der Waals surface area contributed by atoms with E-state index in [0.29, 0.717) is 18.2 Å². The van der Waals surface area contributed by atoms with Gasteiger partial charge < -0.3 is 0 Å². The molecule has 0 aliphatic heterocycles. The van der Waals surface area contributed by atoms with Gasteiger partial charge in [0.15, 0.2) is 0 Å². The summed E-state index contributed by atoms with van der Waals surface area (Å²) in [6.07, 6.45) is -0.748. The van der Waals surface area contributed by atoms with E-state index >= 15 is 0 Å². The third-order valence-electron chi connectivity index (χ3n) is 1.92. The molecule has 1 rings (SSSR count). The molecule has 0 saturated carbocycles. The van der Waals surface area contributed by atoms with Gasteiger partial charge in [-0.05, 0) is 24.3 Å². The molecule has 0 saturated heterocycles. The van der Waals surface area contributed by atoms with Crippen LogP contribution < -0.4 is 0 Å². The van der Waals surface area contributed by atoms with Crippen molar-refractivity contribution in [1.29, 1.82) is 0 Å². The highest BCUT2D eigenvalue weighted by Gasteiger charge is 2.30. The first-order chi connectivity index (χ1) is 7.45. The van der Waals surface area contributed by atoms with Gasteiger partial charge in [0.25, 0.3) is 0 Å². The van der Waals surface area contributed by atoms with Crippen LogP contribution >= 0.6 is 12.6 Å². The molecule has 1 aromatic rings. The Kier molecular flexibility index (Phi) is 4.41. The Morgan fingerprint density at radius 1 is 1.25 bits per heavy atom. The zero-order chi connectivity index (χ0) is 12.2. The summed E-state index contributed by atoms with van der Waals surface area (Å²) in [6.45, 7) is 0. The maximum absolute atomic E-state index is 13.2. The summed E-state index contributed by atoms with van der Waals surface area (Å²) in [5.41, 5.74) is -0.828. The van der Waals surface area contributed by atoms with Crippen molar-refractivity contribution in [3.05, 3.63) is 41.2 Å². The SMILES string of the molecule is Fc1cc(C(F)(F)F)ccc1C=CCCS. The molecule has 88 valence electrons. The van der Waals surface area contributed by atoms with Gasteiger partial charge in [-0.3, -0.25) is 0 Å². The molecule has 0 amide bonds. The molecule has 0 aliphatic rings. The van der Waals surface area contributed by atoms with Crippen LogP contribution in [0.1, 0.15) is 17.5 Å². The number of rotatable bonds is 3. The lowest BCUT2D eigenvalue weighted by atomic mass is 10.1. The lowest BCUT2D eigenvalue weighted by Crippen LogP contribution is -2.05. The molecule has 0 atom stereocenters. The van der Waals surface area contributed by atoms with Crippen LogP contribution in [-0.2, 0) is 6.18 Å². The minimum absolute atomic E-state index is 0.148. The van der Waals surface area contributed by atoms with Gasteiger partial charge in [-0.1, -0.05) is 18.2 Å². The van der Waals surface area contributed by atoms with Crippen molar-refractivity contribution in [3.63, 3.8) is 0 Å². The van der Waals surface area contributed by atoms with E-state index in [1.165, 1.54) is 6.08 Å². The standard InChI is InChI=1S/C11H10F4S/c12-10-7-9(11(13,14)15)5-4-8(10)3-1-2-6-16/h1,3-5,7,16H,2,6H2. The maximum Gasteiger partial charge on any atom is 0.416 e. The normalized spacial score (nSPS) is 12.3. The van der Waals surface area contributed by atoms with Crippen LogP contribution in [0.5, 0.6) is 0 Å². The van der Waals surface area contributed by atoms with Gasteiger partial charge in [0.05, 0.1) is 5.56 Å². The van der Waals surface area contributed by atoms with E-state index in [2.05, 4.69) is 12.6 Å². The Labute approximate surface area is 96.4 Å². The topological polar surface area (TPSA) is 0 Å².